The monoisotopic (exact) mass is 209 g/mol. The van der Waals surface area contributed by atoms with Crippen molar-refractivity contribution in [2.75, 3.05) is 20.6 Å². The fourth-order valence-corrected chi connectivity index (χ4v) is 1.33. The first-order valence-corrected chi connectivity index (χ1v) is 5.42. The molecule has 1 aromatic rings. The molecule has 0 atom stereocenters. The molecule has 86 valence electrons. The van der Waals surface area contributed by atoms with Gasteiger partial charge in [-0.05, 0) is 40.1 Å². The molecule has 1 N–H and O–H groups in total. The number of aryl methyl sites for hydroxylation is 1. The van der Waals surface area contributed by atoms with E-state index in [9.17, 15) is 0 Å². The summed E-state index contributed by atoms with van der Waals surface area (Å²) in [7, 11) is 6.31. The van der Waals surface area contributed by atoms with Crippen LogP contribution in [0.3, 0.4) is 0 Å². The summed E-state index contributed by atoms with van der Waals surface area (Å²) in [5, 5.41) is 3.49. The molecule has 0 aliphatic rings. The average molecular weight is 209 g/mol. The molecule has 1 rings (SSSR count). The first-order valence-electron chi connectivity index (χ1n) is 5.42. The quantitative estimate of drug-likeness (QED) is 0.792. The van der Waals surface area contributed by atoms with Crippen LogP contribution in [0.15, 0.2) is 18.3 Å². The van der Waals surface area contributed by atoms with Gasteiger partial charge in [-0.15, -0.1) is 0 Å². The highest BCUT2D eigenvalue weighted by Gasteiger charge is 2.19. The predicted octanol–water partition coefficient (Wildman–Crippen LogP) is 1.45. The zero-order valence-corrected chi connectivity index (χ0v) is 10.5. The van der Waals surface area contributed by atoms with Crippen LogP contribution in [-0.2, 0) is 13.6 Å². The maximum absolute atomic E-state index is 3.49. The van der Waals surface area contributed by atoms with E-state index in [1.165, 1.54) is 5.69 Å². The van der Waals surface area contributed by atoms with E-state index >= 15 is 0 Å². The van der Waals surface area contributed by atoms with Gasteiger partial charge in [0, 0.05) is 37.6 Å². The minimum atomic E-state index is 0.200. The van der Waals surface area contributed by atoms with Crippen LogP contribution in [0.2, 0.25) is 0 Å². The predicted molar refractivity (Wildman–Crippen MR) is 64.9 cm³/mol. The number of hydrogen-bond donors (Lipinski definition) is 1. The van der Waals surface area contributed by atoms with E-state index in [1.807, 2.05) is 0 Å². The van der Waals surface area contributed by atoms with Gasteiger partial charge in [0.1, 0.15) is 0 Å². The van der Waals surface area contributed by atoms with Crippen LogP contribution in [0.1, 0.15) is 19.5 Å². The van der Waals surface area contributed by atoms with Crippen molar-refractivity contribution in [3.63, 3.8) is 0 Å². The molecule has 0 saturated heterocycles. The highest BCUT2D eigenvalue weighted by atomic mass is 15.2. The topological polar surface area (TPSA) is 20.2 Å². The Labute approximate surface area is 93.1 Å². The van der Waals surface area contributed by atoms with Gasteiger partial charge in [0.2, 0.25) is 0 Å². The number of aromatic nitrogens is 1. The molecule has 1 aromatic heterocycles. The van der Waals surface area contributed by atoms with Crippen LogP contribution >= 0.6 is 0 Å². The molecule has 0 amide bonds. The summed E-state index contributed by atoms with van der Waals surface area (Å²) in [4.78, 5) is 2.24. The van der Waals surface area contributed by atoms with Crippen molar-refractivity contribution in [2.45, 2.75) is 25.9 Å². The smallest absolute Gasteiger partial charge is 0.0359 e. The third-order valence-corrected chi connectivity index (χ3v) is 3.13. The zero-order chi connectivity index (χ0) is 11.5. The van der Waals surface area contributed by atoms with Crippen LogP contribution in [-0.4, -0.2) is 35.6 Å². The zero-order valence-electron chi connectivity index (χ0n) is 10.5. The van der Waals surface area contributed by atoms with Crippen molar-refractivity contribution in [1.82, 2.24) is 14.8 Å². The molecule has 3 nitrogen and oxygen atoms in total. The molecule has 0 aliphatic heterocycles. The molecule has 0 radical (unpaired) electrons. The van der Waals surface area contributed by atoms with Gasteiger partial charge in [0.05, 0.1) is 0 Å². The van der Waals surface area contributed by atoms with Crippen LogP contribution in [0.25, 0.3) is 0 Å². The van der Waals surface area contributed by atoms with Crippen molar-refractivity contribution < 1.29 is 0 Å². The molecule has 0 aromatic carbocycles. The molecule has 0 bridgehead atoms. The van der Waals surface area contributed by atoms with Crippen LogP contribution in [0, 0.1) is 0 Å². The second kappa shape index (κ2) is 4.81. The summed E-state index contributed by atoms with van der Waals surface area (Å²) in [5.41, 5.74) is 1.52. The van der Waals surface area contributed by atoms with Crippen LogP contribution in [0.5, 0.6) is 0 Å². The van der Waals surface area contributed by atoms with Crippen LogP contribution < -0.4 is 5.32 Å². The molecule has 15 heavy (non-hydrogen) atoms. The summed E-state index contributed by atoms with van der Waals surface area (Å²) < 4.78 is 2.15. The molecule has 0 aliphatic carbocycles. The second-order valence-corrected chi connectivity index (χ2v) is 4.92. The lowest BCUT2D eigenvalue weighted by molar-refractivity contribution is 0.189. The number of likely N-dealkylation sites (N-methyl/N-ethyl adjacent to an activating group) is 1. The lowest BCUT2D eigenvalue weighted by Crippen LogP contribution is -2.46. The number of nitrogens with zero attached hydrogens (tertiary/aromatic N) is 2. The van der Waals surface area contributed by atoms with E-state index in [0.29, 0.717) is 0 Å². The first kappa shape index (κ1) is 12.3. The fraction of sp³-hybridized carbons (Fsp3) is 0.667. The maximum atomic E-state index is 3.49. The minimum absolute atomic E-state index is 0.200. The standard InChI is InChI=1S/C12H23N3/c1-12(2,14(3)4)10-13-9-11-7-6-8-15(11)5/h6-8,13H,9-10H2,1-5H3. The molecule has 0 saturated carbocycles. The maximum Gasteiger partial charge on any atom is 0.0359 e. The summed E-state index contributed by atoms with van der Waals surface area (Å²) in [5.74, 6) is 0. The Morgan fingerprint density at radius 1 is 1.40 bits per heavy atom. The van der Waals surface area contributed by atoms with Crippen molar-refractivity contribution in [3.05, 3.63) is 24.0 Å². The molecule has 1 heterocycles. The lowest BCUT2D eigenvalue weighted by atomic mass is 10.0. The summed E-state index contributed by atoms with van der Waals surface area (Å²) in [6.07, 6.45) is 2.08. The molecule has 0 unspecified atom stereocenters. The third kappa shape index (κ3) is 3.36. The van der Waals surface area contributed by atoms with Crippen molar-refractivity contribution >= 4 is 0 Å². The third-order valence-electron chi connectivity index (χ3n) is 3.13. The van der Waals surface area contributed by atoms with E-state index in [1.54, 1.807) is 0 Å². The molecular weight excluding hydrogens is 186 g/mol. The highest BCUT2D eigenvalue weighted by molar-refractivity contribution is 5.06. The van der Waals surface area contributed by atoms with Gasteiger partial charge >= 0.3 is 0 Å². The number of nitrogens with one attached hydrogen (secondary N) is 1. The van der Waals surface area contributed by atoms with E-state index in [0.717, 1.165) is 13.1 Å². The van der Waals surface area contributed by atoms with Crippen molar-refractivity contribution in [1.29, 1.82) is 0 Å². The average Bonchev–Trinajstić information content (AvgIpc) is 2.51. The Morgan fingerprint density at radius 2 is 2.07 bits per heavy atom. The minimum Gasteiger partial charge on any atom is -0.353 e. The lowest BCUT2D eigenvalue weighted by Gasteiger charge is -2.32. The van der Waals surface area contributed by atoms with Gasteiger partial charge in [0.15, 0.2) is 0 Å². The Bertz CT molecular complexity index is 300. The first-order chi connectivity index (χ1) is 6.93. The van der Waals surface area contributed by atoms with E-state index in [2.05, 4.69) is 68.1 Å². The van der Waals surface area contributed by atoms with Gasteiger partial charge in [-0.1, -0.05) is 0 Å². The van der Waals surface area contributed by atoms with E-state index in [4.69, 9.17) is 0 Å². The Kier molecular flexibility index (Phi) is 3.94. The Balaban J connectivity index is 2.37. The SMILES string of the molecule is CN(C)C(C)(C)CNCc1cccn1C. The van der Waals surface area contributed by atoms with Gasteiger partial charge in [-0.25, -0.2) is 0 Å². The Morgan fingerprint density at radius 3 is 2.53 bits per heavy atom. The fourth-order valence-electron chi connectivity index (χ4n) is 1.33. The molecule has 3 heteroatoms. The Hall–Kier alpha value is -0.800. The van der Waals surface area contributed by atoms with E-state index in [-0.39, 0.29) is 5.54 Å². The van der Waals surface area contributed by atoms with Gasteiger partial charge in [0.25, 0.3) is 0 Å². The summed E-state index contributed by atoms with van der Waals surface area (Å²) in [6, 6.07) is 4.23. The summed E-state index contributed by atoms with van der Waals surface area (Å²) >= 11 is 0. The largest absolute Gasteiger partial charge is 0.353 e. The second-order valence-electron chi connectivity index (χ2n) is 4.92. The number of hydrogen-bond acceptors (Lipinski definition) is 2. The van der Waals surface area contributed by atoms with Crippen LogP contribution in [0.4, 0.5) is 0 Å². The van der Waals surface area contributed by atoms with Gasteiger partial charge < -0.3 is 14.8 Å². The molecule has 0 spiro atoms. The highest BCUT2D eigenvalue weighted by Crippen LogP contribution is 2.08. The normalized spacial score (nSPS) is 12.4. The number of rotatable bonds is 5. The van der Waals surface area contributed by atoms with Crippen molar-refractivity contribution in [2.24, 2.45) is 7.05 Å². The van der Waals surface area contributed by atoms with Gasteiger partial charge in [-0.2, -0.15) is 0 Å². The van der Waals surface area contributed by atoms with Crippen molar-refractivity contribution in [3.8, 4) is 0 Å². The van der Waals surface area contributed by atoms with E-state index < -0.39 is 0 Å². The molecular formula is C12H23N3. The summed E-state index contributed by atoms with van der Waals surface area (Å²) in [6.45, 7) is 6.40. The van der Waals surface area contributed by atoms with Gasteiger partial charge in [-0.3, -0.25) is 0 Å². The molecule has 0 fully saturated rings.